The van der Waals surface area contributed by atoms with Gasteiger partial charge in [0.15, 0.2) is 0 Å². The zero-order chi connectivity index (χ0) is 12.3. The monoisotopic (exact) mass is 311 g/mol. The van der Waals surface area contributed by atoms with Crippen LogP contribution in [0.3, 0.4) is 0 Å². The van der Waals surface area contributed by atoms with Gasteiger partial charge in [-0.15, -0.1) is 11.3 Å². The van der Waals surface area contributed by atoms with E-state index in [9.17, 15) is 4.79 Å². The summed E-state index contributed by atoms with van der Waals surface area (Å²) in [4.78, 5) is 15.9. The van der Waals surface area contributed by atoms with Crippen LogP contribution in [0.2, 0.25) is 0 Å². The lowest BCUT2D eigenvalue weighted by Gasteiger charge is -2.05. The highest BCUT2D eigenvalue weighted by Crippen LogP contribution is 2.17. The predicted molar refractivity (Wildman–Crippen MR) is 71.8 cm³/mol. The van der Waals surface area contributed by atoms with Crippen molar-refractivity contribution in [2.45, 2.75) is 6.54 Å². The minimum absolute atomic E-state index is 0.159. The maximum Gasteiger partial charge on any atom is 0.251 e. The van der Waals surface area contributed by atoms with Crippen LogP contribution in [0.5, 0.6) is 0 Å². The summed E-state index contributed by atoms with van der Waals surface area (Å²) < 4.78 is 0.789. The molecule has 0 aliphatic rings. The van der Waals surface area contributed by atoms with Crippen molar-refractivity contribution in [3.8, 4) is 0 Å². The molecule has 0 bridgehead atoms. The highest BCUT2D eigenvalue weighted by molar-refractivity contribution is 9.10. The van der Waals surface area contributed by atoms with Crippen molar-refractivity contribution >= 4 is 38.9 Å². The first-order valence-corrected chi connectivity index (χ1v) is 6.55. The highest BCUT2D eigenvalue weighted by Gasteiger charge is 2.07. The fourth-order valence-corrected chi connectivity index (χ4v) is 2.41. The standard InChI is InChI=1S/C11H10BrN3OS/c12-8-3-7(4-9(13)5-8)11(16)15-6-10-14-1-2-17-10/h1-5H,6,13H2,(H,15,16). The molecule has 3 N–H and O–H groups in total. The highest BCUT2D eigenvalue weighted by atomic mass is 79.9. The number of rotatable bonds is 3. The smallest absolute Gasteiger partial charge is 0.251 e. The first-order valence-electron chi connectivity index (χ1n) is 4.88. The van der Waals surface area contributed by atoms with Crippen molar-refractivity contribution in [3.63, 3.8) is 0 Å². The zero-order valence-corrected chi connectivity index (χ0v) is 11.2. The van der Waals surface area contributed by atoms with Crippen molar-refractivity contribution in [3.05, 3.63) is 44.8 Å². The number of nitrogens with two attached hydrogens (primary N) is 1. The number of thiazole rings is 1. The van der Waals surface area contributed by atoms with Gasteiger partial charge in [0.25, 0.3) is 5.91 Å². The molecule has 0 fully saturated rings. The molecule has 0 radical (unpaired) electrons. The maximum atomic E-state index is 11.8. The van der Waals surface area contributed by atoms with E-state index in [0.717, 1.165) is 9.48 Å². The molecule has 1 heterocycles. The number of hydrogen-bond donors (Lipinski definition) is 2. The van der Waals surface area contributed by atoms with Gasteiger partial charge in [0.2, 0.25) is 0 Å². The summed E-state index contributed by atoms with van der Waals surface area (Å²) in [5.74, 6) is -0.159. The van der Waals surface area contributed by atoms with Crippen molar-refractivity contribution in [1.29, 1.82) is 0 Å². The SMILES string of the molecule is Nc1cc(Br)cc(C(=O)NCc2nccs2)c1. The van der Waals surface area contributed by atoms with Crippen LogP contribution in [0.4, 0.5) is 5.69 Å². The Hall–Kier alpha value is -1.40. The Morgan fingerprint density at radius 1 is 1.47 bits per heavy atom. The summed E-state index contributed by atoms with van der Waals surface area (Å²) in [6.07, 6.45) is 1.71. The van der Waals surface area contributed by atoms with Gasteiger partial charge in [0.1, 0.15) is 5.01 Å². The van der Waals surface area contributed by atoms with E-state index in [1.807, 2.05) is 5.38 Å². The molecule has 17 heavy (non-hydrogen) atoms. The molecule has 0 saturated carbocycles. The Labute approximate surface area is 111 Å². The molecular formula is C11H10BrN3OS. The van der Waals surface area contributed by atoms with Crippen molar-refractivity contribution in [2.24, 2.45) is 0 Å². The number of nitrogens with one attached hydrogen (secondary N) is 1. The van der Waals surface area contributed by atoms with Gasteiger partial charge in [-0.05, 0) is 18.2 Å². The summed E-state index contributed by atoms with van der Waals surface area (Å²) in [6.45, 7) is 0.433. The van der Waals surface area contributed by atoms with Gasteiger partial charge in [-0.1, -0.05) is 15.9 Å². The number of carbonyl (C=O) groups is 1. The fraction of sp³-hybridized carbons (Fsp3) is 0.0909. The number of hydrogen-bond acceptors (Lipinski definition) is 4. The number of benzene rings is 1. The molecule has 0 saturated heterocycles. The Morgan fingerprint density at radius 2 is 2.29 bits per heavy atom. The van der Waals surface area contributed by atoms with E-state index in [0.29, 0.717) is 17.8 Å². The second-order valence-electron chi connectivity index (χ2n) is 3.38. The number of halogens is 1. The first kappa shape index (κ1) is 12.1. The lowest BCUT2D eigenvalue weighted by molar-refractivity contribution is 0.0951. The summed E-state index contributed by atoms with van der Waals surface area (Å²) in [5, 5.41) is 5.54. The number of amides is 1. The second kappa shape index (κ2) is 5.29. The van der Waals surface area contributed by atoms with Gasteiger partial charge < -0.3 is 11.1 Å². The fourth-order valence-electron chi connectivity index (χ4n) is 1.34. The van der Waals surface area contributed by atoms with Gasteiger partial charge >= 0.3 is 0 Å². The van der Waals surface area contributed by atoms with E-state index >= 15 is 0 Å². The predicted octanol–water partition coefficient (Wildman–Crippen LogP) is 2.42. The van der Waals surface area contributed by atoms with Crippen LogP contribution in [0.1, 0.15) is 15.4 Å². The lowest BCUT2D eigenvalue weighted by atomic mass is 10.2. The number of aromatic nitrogens is 1. The molecule has 0 unspecified atom stereocenters. The normalized spacial score (nSPS) is 10.2. The molecule has 1 aromatic heterocycles. The van der Waals surface area contributed by atoms with Crippen LogP contribution in [0, 0.1) is 0 Å². The van der Waals surface area contributed by atoms with E-state index in [1.54, 1.807) is 24.4 Å². The van der Waals surface area contributed by atoms with Crippen molar-refractivity contribution in [2.75, 3.05) is 5.73 Å². The Kier molecular flexibility index (Phi) is 3.75. The van der Waals surface area contributed by atoms with Gasteiger partial charge in [-0.2, -0.15) is 0 Å². The van der Waals surface area contributed by atoms with Crippen LogP contribution in [-0.2, 0) is 6.54 Å². The topological polar surface area (TPSA) is 68.0 Å². The number of nitrogens with zero attached hydrogens (tertiary/aromatic N) is 1. The Balaban J connectivity index is 2.04. The second-order valence-corrected chi connectivity index (χ2v) is 5.28. The number of nitrogen functional groups attached to an aromatic ring is 1. The van der Waals surface area contributed by atoms with Gasteiger partial charge in [0.05, 0.1) is 6.54 Å². The summed E-state index contributed by atoms with van der Waals surface area (Å²) in [5.41, 5.74) is 6.76. The molecule has 0 aliphatic carbocycles. The molecule has 1 amide bonds. The van der Waals surface area contributed by atoms with Crippen LogP contribution >= 0.6 is 27.3 Å². The third kappa shape index (κ3) is 3.28. The molecule has 6 heteroatoms. The molecule has 2 rings (SSSR count). The Bertz CT molecular complexity index is 507. The third-order valence-electron chi connectivity index (χ3n) is 2.07. The van der Waals surface area contributed by atoms with E-state index < -0.39 is 0 Å². The Morgan fingerprint density at radius 3 is 2.94 bits per heavy atom. The van der Waals surface area contributed by atoms with Crippen molar-refractivity contribution in [1.82, 2.24) is 10.3 Å². The molecular weight excluding hydrogens is 302 g/mol. The summed E-state index contributed by atoms with van der Waals surface area (Å²) in [7, 11) is 0. The quantitative estimate of drug-likeness (QED) is 0.855. The largest absolute Gasteiger partial charge is 0.399 e. The minimum Gasteiger partial charge on any atom is -0.399 e. The molecule has 0 aliphatic heterocycles. The van der Waals surface area contributed by atoms with Crippen molar-refractivity contribution < 1.29 is 4.79 Å². The average Bonchev–Trinajstić information content (AvgIpc) is 2.77. The molecule has 4 nitrogen and oxygen atoms in total. The van der Waals surface area contributed by atoms with Gasteiger partial charge in [-0.25, -0.2) is 4.98 Å². The maximum absolute atomic E-state index is 11.8. The zero-order valence-electron chi connectivity index (χ0n) is 8.81. The minimum atomic E-state index is -0.159. The molecule has 2 aromatic rings. The van der Waals surface area contributed by atoms with Crippen LogP contribution in [0.25, 0.3) is 0 Å². The van der Waals surface area contributed by atoms with Crippen LogP contribution in [0.15, 0.2) is 34.2 Å². The lowest BCUT2D eigenvalue weighted by Crippen LogP contribution is -2.22. The molecule has 88 valence electrons. The third-order valence-corrected chi connectivity index (χ3v) is 3.30. The van der Waals surface area contributed by atoms with Crippen LogP contribution in [-0.4, -0.2) is 10.9 Å². The van der Waals surface area contributed by atoms with Crippen LogP contribution < -0.4 is 11.1 Å². The summed E-state index contributed by atoms with van der Waals surface area (Å²) >= 11 is 4.81. The van der Waals surface area contributed by atoms with Gasteiger partial charge in [-0.3, -0.25) is 4.79 Å². The average molecular weight is 312 g/mol. The first-order chi connectivity index (χ1) is 8.15. The van der Waals surface area contributed by atoms with E-state index in [4.69, 9.17) is 5.73 Å². The van der Waals surface area contributed by atoms with Gasteiger partial charge in [0, 0.05) is 27.3 Å². The number of anilines is 1. The molecule has 1 aromatic carbocycles. The number of carbonyl (C=O) groups excluding carboxylic acids is 1. The molecule has 0 spiro atoms. The summed E-state index contributed by atoms with van der Waals surface area (Å²) in [6, 6.07) is 5.12. The molecule has 0 atom stereocenters. The van der Waals surface area contributed by atoms with E-state index in [-0.39, 0.29) is 5.91 Å². The van der Waals surface area contributed by atoms with E-state index in [2.05, 4.69) is 26.2 Å². The van der Waals surface area contributed by atoms with E-state index in [1.165, 1.54) is 11.3 Å².